The lowest BCUT2D eigenvalue weighted by molar-refractivity contribution is -0.144. The van der Waals surface area contributed by atoms with E-state index in [1.165, 1.54) is 4.90 Å². The van der Waals surface area contributed by atoms with E-state index in [2.05, 4.69) is 0 Å². The molecule has 0 aromatic rings. The Labute approximate surface area is 120 Å². The van der Waals surface area contributed by atoms with E-state index in [0.717, 1.165) is 12.8 Å². The molecule has 0 radical (unpaired) electrons. The van der Waals surface area contributed by atoms with Crippen molar-refractivity contribution in [3.63, 3.8) is 0 Å². The zero-order valence-electron chi connectivity index (χ0n) is 12.7. The molecule has 0 aromatic carbocycles. The van der Waals surface area contributed by atoms with Crippen LogP contribution in [0, 0.1) is 0 Å². The van der Waals surface area contributed by atoms with Crippen molar-refractivity contribution in [2.24, 2.45) is 0 Å². The Hall–Kier alpha value is -1.14. The molecule has 0 saturated carbocycles. The topological polar surface area (TPSA) is 70.1 Å². The maximum Gasteiger partial charge on any atom is 0.323 e. The predicted molar refractivity (Wildman–Crippen MR) is 75.6 cm³/mol. The second-order valence-corrected chi connectivity index (χ2v) is 5.70. The van der Waals surface area contributed by atoms with E-state index >= 15 is 0 Å². The van der Waals surface area contributed by atoms with Crippen LogP contribution < -0.4 is 0 Å². The fraction of sp³-hybridized carbons (Fsp3) is 0.857. The first kappa shape index (κ1) is 16.9. The molecule has 1 N–H and O–H groups in total. The van der Waals surface area contributed by atoms with Gasteiger partial charge in [0, 0.05) is 19.5 Å². The summed E-state index contributed by atoms with van der Waals surface area (Å²) in [6.07, 6.45) is 3.50. The molecule has 2 atom stereocenters. The number of likely N-dealkylation sites (N-methyl/N-ethyl adjacent to an activating group) is 1. The number of carboxylic acid groups (broad SMARTS) is 1. The van der Waals surface area contributed by atoms with Crippen LogP contribution in [-0.2, 0) is 14.3 Å². The highest BCUT2D eigenvalue weighted by atomic mass is 16.5. The van der Waals surface area contributed by atoms with Gasteiger partial charge < -0.3 is 19.6 Å². The number of carbonyl (C=O) groups excluding carboxylic acids is 1. The molecule has 0 spiro atoms. The number of hydrogen-bond donors (Lipinski definition) is 1. The summed E-state index contributed by atoms with van der Waals surface area (Å²) in [7, 11) is 3.80. The zero-order chi connectivity index (χ0) is 15.1. The maximum absolute atomic E-state index is 12.1. The summed E-state index contributed by atoms with van der Waals surface area (Å²) < 4.78 is 5.68. The molecule has 0 bridgehead atoms. The third-order valence-corrected chi connectivity index (χ3v) is 3.50. The Kier molecular flexibility index (Phi) is 6.95. The molecule has 6 nitrogen and oxygen atoms in total. The van der Waals surface area contributed by atoms with Crippen LogP contribution in [0.25, 0.3) is 0 Å². The summed E-state index contributed by atoms with van der Waals surface area (Å²) in [5.74, 6) is -1.07. The molecule has 20 heavy (non-hydrogen) atoms. The van der Waals surface area contributed by atoms with Crippen molar-refractivity contribution in [3.05, 3.63) is 0 Å². The molecule has 1 amide bonds. The minimum Gasteiger partial charge on any atom is -0.480 e. The molecule has 0 unspecified atom stereocenters. The van der Waals surface area contributed by atoms with Crippen molar-refractivity contribution in [1.29, 1.82) is 0 Å². The van der Waals surface area contributed by atoms with Crippen LogP contribution in [0.4, 0.5) is 0 Å². The summed E-state index contributed by atoms with van der Waals surface area (Å²) >= 11 is 0. The lowest BCUT2D eigenvalue weighted by Crippen LogP contribution is -2.40. The second-order valence-electron chi connectivity index (χ2n) is 5.70. The number of aliphatic carboxylic acids is 1. The third-order valence-electron chi connectivity index (χ3n) is 3.50. The van der Waals surface area contributed by atoms with Gasteiger partial charge in [-0.1, -0.05) is 0 Å². The number of ether oxygens (including phenoxy) is 1. The van der Waals surface area contributed by atoms with Crippen molar-refractivity contribution in [1.82, 2.24) is 9.80 Å². The Morgan fingerprint density at radius 1 is 1.25 bits per heavy atom. The second kappa shape index (κ2) is 8.21. The summed E-state index contributed by atoms with van der Waals surface area (Å²) in [4.78, 5) is 26.3. The number of carbonyl (C=O) groups is 2. The first-order valence-corrected chi connectivity index (χ1v) is 7.18. The maximum atomic E-state index is 12.1. The molecule has 1 heterocycles. The molecule has 1 rings (SSSR count). The SMILES string of the molecule is C[C@@H]1CC[C@H](CCC(=O)N(CCN(C)C)CC(=O)O)O1. The number of amides is 1. The Morgan fingerprint density at radius 3 is 2.45 bits per heavy atom. The van der Waals surface area contributed by atoms with Gasteiger partial charge in [-0.05, 0) is 40.3 Å². The van der Waals surface area contributed by atoms with E-state index < -0.39 is 5.97 Å². The molecule has 6 heteroatoms. The number of hydrogen-bond acceptors (Lipinski definition) is 4. The third kappa shape index (κ3) is 6.34. The summed E-state index contributed by atoms with van der Waals surface area (Å²) in [5.41, 5.74) is 0. The van der Waals surface area contributed by atoms with Crippen molar-refractivity contribution >= 4 is 11.9 Å². The lowest BCUT2D eigenvalue weighted by atomic mass is 10.1. The van der Waals surface area contributed by atoms with E-state index in [1.807, 2.05) is 25.9 Å². The molecule has 1 fully saturated rings. The Balaban J connectivity index is 2.39. The van der Waals surface area contributed by atoms with Crippen LogP contribution in [0.15, 0.2) is 0 Å². The van der Waals surface area contributed by atoms with Gasteiger partial charge in [-0.3, -0.25) is 9.59 Å². The van der Waals surface area contributed by atoms with Gasteiger partial charge in [0.1, 0.15) is 6.54 Å². The van der Waals surface area contributed by atoms with Gasteiger partial charge in [0.2, 0.25) is 5.91 Å². The van der Waals surface area contributed by atoms with Gasteiger partial charge in [0.25, 0.3) is 0 Å². The Morgan fingerprint density at radius 2 is 1.95 bits per heavy atom. The molecular weight excluding hydrogens is 260 g/mol. The van der Waals surface area contributed by atoms with Gasteiger partial charge in [-0.2, -0.15) is 0 Å². The van der Waals surface area contributed by atoms with E-state index in [0.29, 0.717) is 25.9 Å². The van der Waals surface area contributed by atoms with Crippen molar-refractivity contribution in [3.8, 4) is 0 Å². The highest BCUT2D eigenvalue weighted by Crippen LogP contribution is 2.22. The van der Waals surface area contributed by atoms with Crippen LogP contribution in [0.2, 0.25) is 0 Å². The molecule has 116 valence electrons. The monoisotopic (exact) mass is 286 g/mol. The van der Waals surface area contributed by atoms with Gasteiger partial charge in [0.15, 0.2) is 0 Å². The minimum atomic E-state index is -0.970. The summed E-state index contributed by atoms with van der Waals surface area (Å²) in [5, 5.41) is 8.88. The first-order valence-electron chi connectivity index (χ1n) is 7.18. The summed E-state index contributed by atoms with van der Waals surface area (Å²) in [6.45, 7) is 2.92. The van der Waals surface area contributed by atoms with Crippen LogP contribution in [-0.4, -0.2) is 72.7 Å². The number of nitrogens with zero attached hydrogens (tertiary/aromatic N) is 2. The highest BCUT2D eigenvalue weighted by Gasteiger charge is 2.24. The fourth-order valence-corrected chi connectivity index (χ4v) is 2.32. The first-order chi connectivity index (χ1) is 9.38. The average molecular weight is 286 g/mol. The van der Waals surface area contributed by atoms with Crippen molar-refractivity contribution in [2.75, 3.05) is 33.7 Å². The normalized spacial score (nSPS) is 22.2. The smallest absolute Gasteiger partial charge is 0.323 e. The van der Waals surface area contributed by atoms with Crippen molar-refractivity contribution in [2.45, 2.75) is 44.8 Å². The van der Waals surface area contributed by atoms with Gasteiger partial charge in [-0.15, -0.1) is 0 Å². The van der Waals surface area contributed by atoms with E-state index in [4.69, 9.17) is 9.84 Å². The van der Waals surface area contributed by atoms with Crippen LogP contribution in [0.3, 0.4) is 0 Å². The molecule has 1 aliphatic rings. The van der Waals surface area contributed by atoms with Gasteiger partial charge in [-0.25, -0.2) is 0 Å². The Bertz CT molecular complexity index is 333. The van der Waals surface area contributed by atoms with Gasteiger partial charge >= 0.3 is 5.97 Å². The lowest BCUT2D eigenvalue weighted by Gasteiger charge is -2.23. The summed E-state index contributed by atoms with van der Waals surface area (Å²) in [6, 6.07) is 0. The number of carboxylic acids is 1. The predicted octanol–water partition coefficient (Wildman–Crippen LogP) is 0.809. The fourth-order valence-electron chi connectivity index (χ4n) is 2.32. The molecule has 0 aliphatic carbocycles. The van der Waals surface area contributed by atoms with Crippen LogP contribution in [0.5, 0.6) is 0 Å². The van der Waals surface area contributed by atoms with E-state index in [9.17, 15) is 9.59 Å². The van der Waals surface area contributed by atoms with Gasteiger partial charge in [0.05, 0.1) is 12.2 Å². The van der Waals surface area contributed by atoms with Crippen molar-refractivity contribution < 1.29 is 19.4 Å². The zero-order valence-corrected chi connectivity index (χ0v) is 12.7. The molecule has 0 aromatic heterocycles. The minimum absolute atomic E-state index is 0.0996. The van der Waals surface area contributed by atoms with E-state index in [-0.39, 0.29) is 24.7 Å². The molecule has 1 aliphatic heterocycles. The quantitative estimate of drug-likeness (QED) is 0.715. The highest BCUT2D eigenvalue weighted by molar-refractivity contribution is 5.81. The van der Waals surface area contributed by atoms with E-state index in [1.54, 1.807) is 0 Å². The molecular formula is C14H26N2O4. The number of rotatable bonds is 8. The average Bonchev–Trinajstić information content (AvgIpc) is 2.76. The largest absolute Gasteiger partial charge is 0.480 e. The van der Waals surface area contributed by atoms with Crippen LogP contribution >= 0.6 is 0 Å². The van der Waals surface area contributed by atoms with Crippen LogP contribution in [0.1, 0.15) is 32.6 Å². The molecule has 1 saturated heterocycles. The standard InChI is InChI=1S/C14H26N2O4/c1-11-4-5-12(20-11)6-7-13(17)16(10-14(18)19)9-8-15(2)3/h11-12H,4-10H2,1-3H3,(H,18,19)/t11-,12-/m1/s1.